The van der Waals surface area contributed by atoms with Crippen molar-refractivity contribution in [2.45, 2.75) is 13.5 Å². The fraction of sp³-hybridized carbons (Fsp3) is 0.120. The van der Waals surface area contributed by atoms with Crippen molar-refractivity contribution in [3.8, 4) is 23.3 Å². The van der Waals surface area contributed by atoms with Crippen molar-refractivity contribution in [3.05, 3.63) is 89.0 Å². The lowest BCUT2D eigenvalue weighted by molar-refractivity contribution is -0.112. The summed E-state index contributed by atoms with van der Waals surface area (Å²) >= 11 is 0. The Kier molecular flexibility index (Phi) is 6.92. The Labute approximate surface area is 181 Å². The summed E-state index contributed by atoms with van der Waals surface area (Å²) in [5.74, 6) is 0.599. The Hall–Kier alpha value is -4.24. The number of ether oxygens (including phenoxy) is 2. The van der Waals surface area contributed by atoms with E-state index in [2.05, 4.69) is 5.32 Å². The fourth-order valence-corrected chi connectivity index (χ4v) is 2.80. The molecule has 31 heavy (non-hydrogen) atoms. The van der Waals surface area contributed by atoms with Crippen LogP contribution in [-0.2, 0) is 11.4 Å². The molecule has 6 heteroatoms. The van der Waals surface area contributed by atoms with Crippen LogP contribution in [0, 0.1) is 18.3 Å². The van der Waals surface area contributed by atoms with E-state index in [1.54, 1.807) is 30.3 Å². The second-order valence-corrected chi connectivity index (χ2v) is 6.86. The molecule has 0 aromatic heterocycles. The normalized spacial score (nSPS) is 10.8. The average molecular weight is 414 g/mol. The lowest BCUT2D eigenvalue weighted by Gasteiger charge is -2.12. The second-order valence-electron chi connectivity index (χ2n) is 6.86. The third kappa shape index (κ3) is 5.87. The minimum Gasteiger partial charge on any atom is -0.508 e. The van der Waals surface area contributed by atoms with Gasteiger partial charge in [-0.3, -0.25) is 4.79 Å². The van der Waals surface area contributed by atoms with E-state index >= 15 is 0 Å². The van der Waals surface area contributed by atoms with Crippen LogP contribution in [0.3, 0.4) is 0 Å². The summed E-state index contributed by atoms with van der Waals surface area (Å²) in [5.41, 5.74) is 3.25. The number of aryl methyl sites for hydroxylation is 1. The highest BCUT2D eigenvalue weighted by Crippen LogP contribution is 2.30. The summed E-state index contributed by atoms with van der Waals surface area (Å²) in [4.78, 5) is 12.4. The number of hydrogen-bond donors (Lipinski definition) is 2. The van der Waals surface area contributed by atoms with Crippen LogP contribution < -0.4 is 14.8 Å². The van der Waals surface area contributed by atoms with Crippen molar-refractivity contribution in [2.24, 2.45) is 0 Å². The molecule has 0 radical (unpaired) electrons. The smallest absolute Gasteiger partial charge is 0.266 e. The second kappa shape index (κ2) is 9.99. The topological polar surface area (TPSA) is 91.6 Å². The van der Waals surface area contributed by atoms with Crippen LogP contribution in [0.25, 0.3) is 6.08 Å². The molecule has 0 saturated heterocycles. The number of anilines is 1. The van der Waals surface area contributed by atoms with Crippen LogP contribution in [-0.4, -0.2) is 18.1 Å². The number of benzene rings is 3. The van der Waals surface area contributed by atoms with Crippen molar-refractivity contribution in [1.82, 2.24) is 0 Å². The van der Waals surface area contributed by atoms with Gasteiger partial charge in [0.15, 0.2) is 11.5 Å². The number of aromatic hydroxyl groups is 1. The molecular formula is C25H22N2O4. The van der Waals surface area contributed by atoms with Gasteiger partial charge in [0.25, 0.3) is 5.91 Å². The van der Waals surface area contributed by atoms with Crippen molar-refractivity contribution in [3.63, 3.8) is 0 Å². The van der Waals surface area contributed by atoms with Crippen molar-refractivity contribution < 1.29 is 19.4 Å². The van der Waals surface area contributed by atoms with E-state index in [4.69, 9.17) is 9.47 Å². The summed E-state index contributed by atoms with van der Waals surface area (Å²) in [6, 6.07) is 21.2. The number of nitrogens with one attached hydrogen (secondary N) is 1. The molecule has 0 aliphatic rings. The molecule has 0 saturated carbocycles. The number of phenolic OH excluding ortho intramolecular Hbond substituents is 1. The van der Waals surface area contributed by atoms with Gasteiger partial charge in [-0.05, 0) is 60.5 Å². The van der Waals surface area contributed by atoms with Crippen LogP contribution in [0.2, 0.25) is 0 Å². The fourth-order valence-electron chi connectivity index (χ4n) is 2.80. The number of rotatable bonds is 7. The average Bonchev–Trinajstić information content (AvgIpc) is 2.78. The first kappa shape index (κ1) is 21.5. The monoisotopic (exact) mass is 414 g/mol. The molecule has 1 amide bonds. The number of phenols is 1. The summed E-state index contributed by atoms with van der Waals surface area (Å²) in [5, 5.41) is 21.4. The Balaban J connectivity index is 1.74. The summed E-state index contributed by atoms with van der Waals surface area (Å²) in [7, 11) is 1.53. The molecular weight excluding hydrogens is 392 g/mol. The largest absolute Gasteiger partial charge is 0.508 e. The van der Waals surface area contributed by atoms with Crippen molar-refractivity contribution >= 4 is 17.7 Å². The van der Waals surface area contributed by atoms with E-state index in [9.17, 15) is 15.2 Å². The van der Waals surface area contributed by atoms with Gasteiger partial charge in [-0.15, -0.1) is 0 Å². The molecule has 3 aromatic rings. The number of nitrogens with zero attached hydrogens (tertiary/aromatic N) is 1. The van der Waals surface area contributed by atoms with E-state index < -0.39 is 5.91 Å². The van der Waals surface area contributed by atoms with E-state index in [0.29, 0.717) is 29.4 Å². The van der Waals surface area contributed by atoms with Crippen molar-refractivity contribution in [1.29, 1.82) is 5.26 Å². The van der Waals surface area contributed by atoms with Crippen LogP contribution in [0.5, 0.6) is 17.2 Å². The lowest BCUT2D eigenvalue weighted by Crippen LogP contribution is -2.13. The maximum atomic E-state index is 12.4. The van der Waals surface area contributed by atoms with Crippen molar-refractivity contribution in [2.75, 3.05) is 12.4 Å². The lowest BCUT2D eigenvalue weighted by atomic mass is 10.1. The maximum Gasteiger partial charge on any atom is 0.266 e. The van der Waals surface area contributed by atoms with Gasteiger partial charge in [-0.2, -0.15) is 5.26 Å². The zero-order chi connectivity index (χ0) is 22.2. The minimum absolute atomic E-state index is 0.0662. The first-order valence-corrected chi connectivity index (χ1v) is 9.57. The molecule has 2 N–H and O–H groups in total. The van der Waals surface area contributed by atoms with Gasteiger partial charge >= 0.3 is 0 Å². The van der Waals surface area contributed by atoms with Gasteiger partial charge in [0, 0.05) is 5.69 Å². The molecule has 0 fully saturated rings. The highest BCUT2D eigenvalue weighted by Gasteiger charge is 2.11. The first-order chi connectivity index (χ1) is 15.0. The predicted molar refractivity (Wildman–Crippen MR) is 119 cm³/mol. The molecule has 0 heterocycles. The van der Waals surface area contributed by atoms with Crippen LogP contribution in [0.4, 0.5) is 5.69 Å². The minimum atomic E-state index is -0.549. The van der Waals surface area contributed by atoms with Crippen LogP contribution >= 0.6 is 0 Å². The van der Waals surface area contributed by atoms with Gasteiger partial charge in [0.1, 0.15) is 24.0 Å². The Morgan fingerprint density at radius 3 is 2.42 bits per heavy atom. The zero-order valence-electron chi connectivity index (χ0n) is 17.3. The number of nitriles is 1. The molecule has 0 aliphatic carbocycles. The van der Waals surface area contributed by atoms with Gasteiger partial charge in [-0.25, -0.2) is 0 Å². The number of amides is 1. The number of hydrogen-bond acceptors (Lipinski definition) is 5. The zero-order valence-corrected chi connectivity index (χ0v) is 17.3. The van der Waals surface area contributed by atoms with Gasteiger partial charge < -0.3 is 19.9 Å². The summed E-state index contributed by atoms with van der Waals surface area (Å²) in [6.45, 7) is 2.42. The molecule has 156 valence electrons. The van der Waals surface area contributed by atoms with Crippen LogP contribution in [0.1, 0.15) is 16.7 Å². The first-order valence-electron chi connectivity index (χ1n) is 9.57. The molecule has 0 bridgehead atoms. The number of methoxy groups -OCH3 is 1. The predicted octanol–water partition coefficient (Wildman–Crippen LogP) is 4.83. The molecule has 0 unspecified atom stereocenters. The highest BCUT2D eigenvalue weighted by atomic mass is 16.5. The van der Waals surface area contributed by atoms with Gasteiger partial charge in [-0.1, -0.05) is 35.9 Å². The van der Waals surface area contributed by atoms with E-state index in [-0.39, 0.29) is 11.3 Å². The molecule has 6 nitrogen and oxygen atoms in total. The van der Waals surface area contributed by atoms with E-state index in [0.717, 1.165) is 5.56 Å². The Morgan fingerprint density at radius 1 is 1.06 bits per heavy atom. The van der Waals surface area contributed by atoms with E-state index in [1.807, 2.05) is 37.3 Å². The SMILES string of the molecule is COc1cc(/C=C(/C#N)C(=O)Nc2ccc(O)cc2)ccc1OCc1ccc(C)cc1. The summed E-state index contributed by atoms with van der Waals surface area (Å²) in [6.07, 6.45) is 1.47. The molecule has 0 aliphatic heterocycles. The molecule has 3 rings (SSSR count). The van der Waals surface area contributed by atoms with Crippen LogP contribution in [0.15, 0.2) is 72.3 Å². The summed E-state index contributed by atoms with van der Waals surface area (Å²) < 4.78 is 11.3. The quantitative estimate of drug-likeness (QED) is 0.328. The Bertz CT molecular complexity index is 1130. The molecule has 0 spiro atoms. The number of carbonyl (C=O) groups is 1. The Morgan fingerprint density at radius 2 is 1.77 bits per heavy atom. The number of carbonyl (C=O) groups excluding carboxylic acids is 1. The third-order valence-corrected chi connectivity index (χ3v) is 4.50. The molecule has 3 aromatic carbocycles. The van der Waals surface area contributed by atoms with E-state index in [1.165, 1.54) is 30.9 Å². The maximum absolute atomic E-state index is 12.4. The standard InChI is InChI=1S/C25H22N2O4/c1-17-3-5-18(6-4-17)16-31-23-12-7-19(14-24(23)30-2)13-20(15-26)25(29)27-21-8-10-22(28)11-9-21/h3-14,28H,16H2,1-2H3,(H,27,29)/b20-13-. The van der Waals surface area contributed by atoms with Gasteiger partial charge in [0.2, 0.25) is 0 Å². The molecule has 0 atom stereocenters. The van der Waals surface area contributed by atoms with Gasteiger partial charge in [0.05, 0.1) is 7.11 Å². The highest BCUT2D eigenvalue weighted by molar-refractivity contribution is 6.09. The third-order valence-electron chi connectivity index (χ3n) is 4.50.